The SMILES string of the molecule is O=c1[nH]c(-c2cc(Cl)ccc2I)nc2ccccc12. The van der Waals surface area contributed by atoms with Crippen molar-refractivity contribution in [1.82, 2.24) is 9.97 Å². The second kappa shape index (κ2) is 4.94. The van der Waals surface area contributed by atoms with Crippen molar-refractivity contribution < 1.29 is 0 Å². The number of rotatable bonds is 1. The first-order valence-electron chi connectivity index (χ1n) is 5.59. The molecule has 1 N–H and O–H groups in total. The maximum absolute atomic E-state index is 12.0. The van der Waals surface area contributed by atoms with E-state index in [-0.39, 0.29) is 5.56 Å². The lowest BCUT2D eigenvalue weighted by atomic mass is 10.2. The molecule has 3 rings (SSSR count). The molecule has 0 aliphatic heterocycles. The van der Waals surface area contributed by atoms with Gasteiger partial charge in [-0.1, -0.05) is 23.7 Å². The van der Waals surface area contributed by atoms with Crippen LogP contribution in [0.2, 0.25) is 5.02 Å². The number of H-pyrrole nitrogens is 1. The Morgan fingerprint density at radius 1 is 1.16 bits per heavy atom. The fraction of sp³-hybridized carbons (Fsp3) is 0. The summed E-state index contributed by atoms with van der Waals surface area (Å²) >= 11 is 8.20. The third-order valence-corrected chi connectivity index (χ3v) is 3.97. The maximum atomic E-state index is 12.0. The van der Waals surface area contributed by atoms with Crippen molar-refractivity contribution in [2.24, 2.45) is 0 Å². The van der Waals surface area contributed by atoms with Crippen LogP contribution in [0, 0.1) is 3.57 Å². The molecule has 3 nitrogen and oxygen atoms in total. The Labute approximate surface area is 127 Å². The van der Waals surface area contributed by atoms with Crippen LogP contribution in [0.3, 0.4) is 0 Å². The van der Waals surface area contributed by atoms with Gasteiger partial charge >= 0.3 is 0 Å². The second-order valence-electron chi connectivity index (χ2n) is 4.06. The summed E-state index contributed by atoms with van der Waals surface area (Å²) in [4.78, 5) is 19.3. The van der Waals surface area contributed by atoms with E-state index in [4.69, 9.17) is 11.6 Å². The first-order valence-corrected chi connectivity index (χ1v) is 7.05. The van der Waals surface area contributed by atoms with E-state index >= 15 is 0 Å². The number of nitrogens with one attached hydrogen (secondary N) is 1. The molecule has 0 amide bonds. The Kier molecular flexibility index (Phi) is 3.28. The summed E-state index contributed by atoms with van der Waals surface area (Å²) in [5.41, 5.74) is 1.37. The van der Waals surface area contributed by atoms with Crippen molar-refractivity contribution >= 4 is 45.1 Å². The third-order valence-electron chi connectivity index (χ3n) is 2.80. The number of fused-ring (bicyclic) bond motifs is 1. The molecule has 0 atom stereocenters. The second-order valence-corrected chi connectivity index (χ2v) is 5.65. The fourth-order valence-corrected chi connectivity index (χ4v) is 2.66. The monoisotopic (exact) mass is 382 g/mol. The molecule has 3 aromatic rings. The number of halogens is 2. The zero-order valence-electron chi connectivity index (χ0n) is 9.65. The molecule has 0 unspecified atom stereocenters. The fourth-order valence-electron chi connectivity index (χ4n) is 1.89. The van der Waals surface area contributed by atoms with Crippen LogP contribution >= 0.6 is 34.2 Å². The van der Waals surface area contributed by atoms with E-state index in [0.29, 0.717) is 21.7 Å². The quantitative estimate of drug-likeness (QED) is 0.650. The van der Waals surface area contributed by atoms with Crippen molar-refractivity contribution in [1.29, 1.82) is 0 Å². The topological polar surface area (TPSA) is 45.8 Å². The first kappa shape index (κ1) is 12.6. The average molecular weight is 383 g/mol. The van der Waals surface area contributed by atoms with Crippen LogP contribution in [0.15, 0.2) is 47.3 Å². The van der Waals surface area contributed by atoms with Gasteiger partial charge in [-0.05, 0) is 52.9 Å². The van der Waals surface area contributed by atoms with Gasteiger partial charge < -0.3 is 4.98 Å². The molecule has 0 fully saturated rings. The zero-order valence-corrected chi connectivity index (χ0v) is 12.6. The van der Waals surface area contributed by atoms with E-state index in [2.05, 4.69) is 32.6 Å². The lowest BCUT2D eigenvalue weighted by Crippen LogP contribution is -2.09. The molecule has 0 bridgehead atoms. The Morgan fingerprint density at radius 2 is 1.95 bits per heavy atom. The van der Waals surface area contributed by atoms with Crippen LogP contribution in [0.5, 0.6) is 0 Å². The van der Waals surface area contributed by atoms with Gasteiger partial charge in [-0.25, -0.2) is 4.98 Å². The van der Waals surface area contributed by atoms with Gasteiger partial charge in [0.05, 0.1) is 10.9 Å². The molecule has 94 valence electrons. The highest BCUT2D eigenvalue weighted by Crippen LogP contribution is 2.25. The summed E-state index contributed by atoms with van der Waals surface area (Å²) in [6.07, 6.45) is 0. The van der Waals surface area contributed by atoms with Gasteiger partial charge in [-0.15, -0.1) is 0 Å². The highest BCUT2D eigenvalue weighted by molar-refractivity contribution is 14.1. The van der Waals surface area contributed by atoms with Crippen LogP contribution in [0.25, 0.3) is 22.3 Å². The molecule has 2 aromatic carbocycles. The predicted molar refractivity (Wildman–Crippen MR) is 85.5 cm³/mol. The third kappa shape index (κ3) is 2.37. The molecule has 1 heterocycles. The summed E-state index contributed by atoms with van der Waals surface area (Å²) in [5, 5.41) is 1.20. The summed E-state index contributed by atoms with van der Waals surface area (Å²) < 4.78 is 0.987. The molecule has 0 aliphatic carbocycles. The predicted octanol–water partition coefficient (Wildman–Crippen LogP) is 3.85. The summed E-state index contributed by atoms with van der Waals surface area (Å²) in [7, 11) is 0. The van der Waals surface area contributed by atoms with E-state index in [1.165, 1.54) is 0 Å². The Morgan fingerprint density at radius 3 is 2.79 bits per heavy atom. The number of nitrogens with zero attached hydrogens (tertiary/aromatic N) is 1. The maximum Gasteiger partial charge on any atom is 0.259 e. The normalized spacial score (nSPS) is 10.8. The van der Waals surface area contributed by atoms with Crippen LogP contribution in [0.1, 0.15) is 0 Å². The van der Waals surface area contributed by atoms with Gasteiger partial charge in [-0.3, -0.25) is 4.79 Å². The van der Waals surface area contributed by atoms with E-state index < -0.39 is 0 Å². The van der Waals surface area contributed by atoms with Crippen molar-refractivity contribution in [2.75, 3.05) is 0 Å². The van der Waals surface area contributed by atoms with E-state index in [0.717, 1.165) is 9.13 Å². The molecule has 19 heavy (non-hydrogen) atoms. The van der Waals surface area contributed by atoms with Crippen molar-refractivity contribution in [2.45, 2.75) is 0 Å². The van der Waals surface area contributed by atoms with Crippen LogP contribution in [0.4, 0.5) is 0 Å². The highest BCUT2D eigenvalue weighted by Gasteiger charge is 2.09. The van der Waals surface area contributed by atoms with Crippen LogP contribution in [-0.2, 0) is 0 Å². The Balaban J connectivity index is 2.31. The number of hydrogen-bond donors (Lipinski definition) is 1. The average Bonchev–Trinajstić information content (AvgIpc) is 2.41. The van der Waals surface area contributed by atoms with Gasteiger partial charge in [0.2, 0.25) is 0 Å². The standard InChI is InChI=1S/C14H8ClIN2O/c15-8-5-6-11(16)10(7-8)13-17-12-4-2-1-3-9(12)14(19)18-13/h1-7H,(H,17,18,19). The number of aromatic amines is 1. The van der Waals surface area contributed by atoms with Gasteiger partial charge in [0.25, 0.3) is 5.56 Å². The van der Waals surface area contributed by atoms with Crippen molar-refractivity contribution in [3.05, 3.63) is 61.4 Å². The highest BCUT2D eigenvalue weighted by atomic mass is 127. The molecular weight excluding hydrogens is 375 g/mol. The molecular formula is C14H8ClIN2O. The smallest absolute Gasteiger partial charge is 0.259 e. The minimum Gasteiger partial charge on any atom is -0.306 e. The molecule has 0 aliphatic rings. The molecule has 1 aromatic heterocycles. The summed E-state index contributed by atoms with van der Waals surface area (Å²) in [6, 6.07) is 12.8. The van der Waals surface area contributed by atoms with Gasteiger partial charge in [0.1, 0.15) is 5.82 Å². The molecule has 5 heteroatoms. The van der Waals surface area contributed by atoms with E-state index in [1.54, 1.807) is 12.1 Å². The summed E-state index contributed by atoms with van der Waals surface area (Å²) in [5.74, 6) is 0.538. The lowest BCUT2D eigenvalue weighted by Gasteiger charge is -2.06. The zero-order chi connectivity index (χ0) is 13.4. The lowest BCUT2D eigenvalue weighted by molar-refractivity contribution is 1.18. The van der Waals surface area contributed by atoms with Crippen LogP contribution in [-0.4, -0.2) is 9.97 Å². The van der Waals surface area contributed by atoms with Gasteiger partial charge in [-0.2, -0.15) is 0 Å². The number of benzene rings is 2. The molecule has 0 saturated carbocycles. The van der Waals surface area contributed by atoms with Gasteiger partial charge in [0.15, 0.2) is 0 Å². The van der Waals surface area contributed by atoms with Crippen molar-refractivity contribution in [3.63, 3.8) is 0 Å². The summed E-state index contributed by atoms with van der Waals surface area (Å²) in [6.45, 7) is 0. The Hall–Kier alpha value is -1.40. The Bertz CT molecular complexity index is 829. The minimum atomic E-state index is -0.142. The molecule has 0 saturated heterocycles. The molecule has 0 spiro atoms. The number of para-hydroxylation sites is 1. The minimum absolute atomic E-state index is 0.142. The molecule has 0 radical (unpaired) electrons. The van der Waals surface area contributed by atoms with E-state index in [1.807, 2.05) is 30.3 Å². The number of aromatic nitrogens is 2. The number of hydrogen-bond acceptors (Lipinski definition) is 2. The van der Waals surface area contributed by atoms with Crippen LogP contribution < -0.4 is 5.56 Å². The van der Waals surface area contributed by atoms with Crippen molar-refractivity contribution in [3.8, 4) is 11.4 Å². The van der Waals surface area contributed by atoms with E-state index in [9.17, 15) is 4.79 Å². The van der Waals surface area contributed by atoms with Gasteiger partial charge in [0, 0.05) is 14.2 Å². The largest absolute Gasteiger partial charge is 0.306 e. The first-order chi connectivity index (χ1) is 9.15.